The van der Waals surface area contributed by atoms with Gasteiger partial charge in [-0.1, -0.05) is 6.07 Å². The van der Waals surface area contributed by atoms with Gasteiger partial charge < -0.3 is 10.7 Å². The van der Waals surface area contributed by atoms with E-state index in [2.05, 4.69) is 14.7 Å². The number of sulfonamides is 1. The van der Waals surface area contributed by atoms with Crippen LogP contribution in [-0.4, -0.2) is 24.9 Å². The Morgan fingerprint density at radius 2 is 2.05 bits per heavy atom. The third-order valence-corrected chi connectivity index (χ3v) is 4.99. The average Bonchev–Trinajstić information content (AvgIpc) is 2.91. The van der Waals surface area contributed by atoms with Crippen molar-refractivity contribution in [2.24, 2.45) is 5.73 Å². The lowest BCUT2D eigenvalue weighted by atomic mass is 10.1. The largest absolute Gasteiger partial charge is 0.348 e. The van der Waals surface area contributed by atoms with Crippen LogP contribution in [-0.2, 0) is 23.0 Å². The van der Waals surface area contributed by atoms with E-state index in [1.165, 1.54) is 0 Å². The second kappa shape index (κ2) is 6.38. The van der Waals surface area contributed by atoms with Crippen LogP contribution < -0.4 is 10.5 Å². The fourth-order valence-electron chi connectivity index (χ4n) is 2.20. The Labute approximate surface area is 124 Å². The molecule has 1 heterocycles. The lowest BCUT2D eigenvalue weighted by molar-refractivity contribution is 0.580. The third-order valence-electron chi connectivity index (χ3n) is 3.38. The minimum Gasteiger partial charge on any atom is -0.348 e. The summed E-state index contributed by atoms with van der Waals surface area (Å²) in [5.74, 6) is 0. The number of benzene rings is 1. The number of nitrogens with two attached hydrogens (primary N) is 1. The van der Waals surface area contributed by atoms with Gasteiger partial charge >= 0.3 is 0 Å². The molecule has 0 unspecified atom stereocenters. The van der Waals surface area contributed by atoms with Crippen LogP contribution in [0.3, 0.4) is 0 Å². The Hall–Kier alpha value is -1.70. The summed E-state index contributed by atoms with van der Waals surface area (Å²) in [6.45, 7) is 4.35. The molecule has 2 aromatic rings. The number of aryl methyl sites for hydroxylation is 2. The molecule has 1 aromatic carbocycles. The topological polar surface area (TPSA) is 101 Å². The highest BCUT2D eigenvalue weighted by Crippen LogP contribution is 2.20. The molecule has 114 valence electrons. The van der Waals surface area contributed by atoms with Gasteiger partial charge in [0.05, 0.1) is 11.2 Å². The van der Waals surface area contributed by atoms with Crippen LogP contribution in [0.2, 0.25) is 0 Å². The standard InChI is InChI=1S/C14H20N4O2S/c1-10-5-11(2)14(6-12(10)7-15)21(19,20)18-4-3-13-8-16-9-17-13/h5-6,8-9,18H,3-4,7,15H2,1-2H3,(H,16,17). The van der Waals surface area contributed by atoms with Crippen molar-refractivity contribution in [3.05, 3.63) is 47.0 Å². The van der Waals surface area contributed by atoms with Gasteiger partial charge in [0, 0.05) is 31.4 Å². The lowest BCUT2D eigenvalue weighted by Gasteiger charge is -2.12. The summed E-state index contributed by atoms with van der Waals surface area (Å²) in [5.41, 5.74) is 9.11. The molecule has 0 saturated heterocycles. The Balaban J connectivity index is 2.15. The summed E-state index contributed by atoms with van der Waals surface area (Å²) < 4.78 is 27.4. The Kier molecular flexibility index (Phi) is 4.76. The van der Waals surface area contributed by atoms with Gasteiger partial charge in [0.25, 0.3) is 0 Å². The monoisotopic (exact) mass is 308 g/mol. The number of aromatic nitrogens is 2. The van der Waals surface area contributed by atoms with Crippen LogP contribution in [0.1, 0.15) is 22.4 Å². The molecule has 0 aliphatic carbocycles. The number of hydrogen-bond acceptors (Lipinski definition) is 4. The number of rotatable bonds is 6. The van der Waals surface area contributed by atoms with Gasteiger partial charge in [-0.2, -0.15) is 0 Å². The minimum atomic E-state index is -3.53. The molecule has 7 heteroatoms. The van der Waals surface area contributed by atoms with Crippen molar-refractivity contribution in [2.75, 3.05) is 6.54 Å². The maximum Gasteiger partial charge on any atom is 0.240 e. The number of aromatic amines is 1. The fourth-order valence-corrected chi connectivity index (χ4v) is 3.51. The molecule has 0 aliphatic heterocycles. The number of imidazole rings is 1. The third kappa shape index (κ3) is 3.69. The van der Waals surface area contributed by atoms with Crippen LogP contribution in [0.5, 0.6) is 0 Å². The van der Waals surface area contributed by atoms with Crippen molar-refractivity contribution < 1.29 is 8.42 Å². The quantitative estimate of drug-likeness (QED) is 0.741. The van der Waals surface area contributed by atoms with Crippen molar-refractivity contribution in [1.29, 1.82) is 0 Å². The van der Waals surface area contributed by atoms with E-state index in [1.54, 1.807) is 25.5 Å². The summed E-state index contributed by atoms with van der Waals surface area (Å²) in [7, 11) is -3.53. The zero-order chi connectivity index (χ0) is 15.5. The van der Waals surface area contributed by atoms with E-state index in [1.807, 2.05) is 13.0 Å². The molecule has 0 spiro atoms. The highest BCUT2D eigenvalue weighted by Gasteiger charge is 2.17. The van der Waals surface area contributed by atoms with Gasteiger partial charge in [0.2, 0.25) is 10.0 Å². The SMILES string of the molecule is Cc1cc(C)c(S(=O)(=O)NCCc2cnc[nH]2)cc1CN. The molecule has 0 bridgehead atoms. The minimum absolute atomic E-state index is 0.290. The molecule has 0 amide bonds. The molecular weight excluding hydrogens is 288 g/mol. The van der Waals surface area contributed by atoms with Crippen LogP contribution in [0.4, 0.5) is 0 Å². The summed E-state index contributed by atoms with van der Waals surface area (Å²) in [5, 5.41) is 0. The maximum absolute atomic E-state index is 12.4. The molecule has 4 N–H and O–H groups in total. The van der Waals surface area contributed by atoms with E-state index in [0.717, 1.165) is 22.4 Å². The zero-order valence-corrected chi connectivity index (χ0v) is 13.0. The van der Waals surface area contributed by atoms with Gasteiger partial charge in [-0.3, -0.25) is 0 Å². The van der Waals surface area contributed by atoms with Gasteiger partial charge in [-0.15, -0.1) is 0 Å². The fraction of sp³-hybridized carbons (Fsp3) is 0.357. The normalized spacial score (nSPS) is 11.8. The second-order valence-corrected chi connectivity index (χ2v) is 6.71. The lowest BCUT2D eigenvalue weighted by Crippen LogP contribution is -2.27. The van der Waals surface area contributed by atoms with E-state index in [9.17, 15) is 8.42 Å². The molecule has 2 rings (SSSR count). The number of nitrogens with zero attached hydrogens (tertiary/aromatic N) is 1. The first-order valence-electron chi connectivity index (χ1n) is 6.71. The first kappa shape index (κ1) is 15.7. The maximum atomic E-state index is 12.4. The molecule has 6 nitrogen and oxygen atoms in total. The zero-order valence-electron chi connectivity index (χ0n) is 12.2. The van der Waals surface area contributed by atoms with Crippen molar-refractivity contribution in [3.63, 3.8) is 0 Å². The average molecular weight is 308 g/mol. The predicted octanol–water partition coefficient (Wildman–Crippen LogP) is 1.01. The first-order valence-corrected chi connectivity index (χ1v) is 8.19. The number of hydrogen-bond donors (Lipinski definition) is 3. The summed E-state index contributed by atoms with van der Waals surface area (Å²) in [4.78, 5) is 7.12. The molecule has 1 aromatic heterocycles. The molecule has 0 atom stereocenters. The molecule has 21 heavy (non-hydrogen) atoms. The molecule has 0 aliphatic rings. The second-order valence-electron chi connectivity index (χ2n) is 4.97. The van der Waals surface area contributed by atoms with Gasteiger partial charge in [-0.05, 0) is 36.6 Å². The van der Waals surface area contributed by atoms with E-state index < -0.39 is 10.0 Å². The predicted molar refractivity (Wildman–Crippen MR) is 81.3 cm³/mol. The first-order chi connectivity index (χ1) is 9.94. The highest BCUT2D eigenvalue weighted by atomic mass is 32.2. The molecular formula is C14H20N4O2S. The van der Waals surface area contributed by atoms with Crippen molar-refractivity contribution in [2.45, 2.75) is 31.7 Å². The van der Waals surface area contributed by atoms with E-state index in [-0.39, 0.29) is 4.90 Å². The van der Waals surface area contributed by atoms with E-state index in [4.69, 9.17) is 5.73 Å². The summed E-state index contributed by atoms with van der Waals surface area (Å²) in [6.07, 6.45) is 3.81. The van der Waals surface area contributed by atoms with Crippen LogP contribution in [0.15, 0.2) is 29.6 Å². The van der Waals surface area contributed by atoms with Gasteiger partial charge in [0.15, 0.2) is 0 Å². The Morgan fingerprint density at radius 3 is 2.67 bits per heavy atom. The summed E-state index contributed by atoms with van der Waals surface area (Å²) >= 11 is 0. The number of H-pyrrole nitrogens is 1. The van der Waals surface area contributed by atoms with Crippen LogP contribution >= 0.6 is 0 Å². The van der Waals surface area contributed by atoms with Crippen molar-refractivity contribution in [1.82, 2.24) is 14.7 Å². The summed E-state index contributed by atoms with van der Waals surface area (Å²) in [6, 6.07) is 3.51. The van der Waals surface area contributed by atoms with Crippen LogP contribution in [0.25, 0.3) is 0 Å². The Morgan fingerprint density at radius 1 is 1.29 bits per heavy atom. The van der Waals surface area contributed by atoms with Gasteiger partial charge in [0.1, 0.15) is 0 Å². The van der Waals surface area contributed by atoms with E-state index >= 15 is 0 Å². The van der Waals surface area contributed by atoms with E-state index in [0.29, 0.717) is 19.5 Å². The smallest absolute Gasteiger partial charge is 0.240 e. The number of nitrogens with one attached hydrogen (secondary N) is 2. The van der Waals surface area contributed by atoms with Crippen LogP contribution in [0, 0.1) is 13.8 Å². The van der Waals surface area contributed by atoms with Crippen molar-refractivity contribution >= 4 is 10.0 Å². The molecule has 0 saturated carbocycles. The van der Waals surface area contributed by atoms with Crippen molar-refractivity contribution in [3.8, 4) is 0 Å². The molecule has 0 fully saturated rings. The van der Waals surface area contributed by atoms with Gasteiger partial charge in [-0.25, -0.2) is 18.1 Å². The molecule has 0 radical (unpaired) electrons. The Bertz CT molecular complexity index is 709. The highest BCUT2D eigenvalue weighted by molar-refractivity contribution is 7.89.